The molecule has 0 aliphatic carbocycles. The van der Waals surface area contributed by atoms with E-state index in [4.69, 9.17) is 4.52 Å². The van der Waals surface area contributed by atoms with Crippen LogP contribution < -0.4 is 9.62 Å². The van der Waals surface area contributed by atoms with E-state index in [9.17, 15) is 9.18 Å². The number of halogens is 1. The monoisotopic (exact) mass is 311 g/mol. The van der Waals surface area contributed by atoms with Crippen LogP contribution >= 0.6 is 12.8 Å². The van der Waals surface area contributed by atoms with Crippen LogP contribution in [0.4, 0.5) is 15.0 Å². The van der Waals surface area contributed by atoms with Crippen LogP contribution in [0.5, 0.6) is 0 Å². The van der Waals surface area contributed by atoms with E-state index in [1.165, 1.54) is 12.1 Å². The van der Waals surface area contributed by atoms with E-state index in [1.807, 2.05) is 0 Å². The third-order valence-corrected chi connectivity index (χ3v) is 3.50. The Labute approximate surface area is 128 Å². The molecule has 0 saturated carbocycles. The molecule has 1 aromatic heterocycles. The number of nitrogens with one attached hydrogen (secondary N) is 1. The van der Waals surface area contributed by atoms with Gasteiger partial charge >= 0.3 is 6.03 Å². The largest absolute Gasteiger partial charge is 0.351 e. The van der Waals surface area contributed by atoms with E-state index in [1.54, 1.807) is 6.07 Å². The van der Waals surface area contributed by atoms with Crippen molar-refractivity contribution in [3.8, 4) is 0 Å². The Balaban J connectivity index is 1.99. The number of amides is 2. The maximum absolute atomic E-state index is 13.5. The van der Waals surface area contributed by atoms with Crippen LogP contribution in [-0.4, -0.2) is 17.7 Å². The van der Waals surface area contributed by atoms with E-state index in [-0.39, 0.29) is 11.4 Å². The first kappa shape index (κ1) is 15.6. The number of carbonyl (C=O) groups excluding carboxylic acids is 1. The summed E-state index contributed by atoms with van der Waals surface area (Å²) in [6.07, 6.45) is 4.27. The van der Waals surface area contributed by atoms with Gasteiger partial charge < -0.3 is 9.84 Å². The van der Waals surface area contributed by atoms with Crippen molar-refractivity contribution in [1.29, 1.82) is 0 Å². The number of para-hydroxylation sites is 1. The highest BCUT2D eigenvalue weighted by Gasteiger charge is 2.20. The molecule has 0 spiro atoms. The van der Waals surface area contributed by atoms with Crippen molar-refractivity contribution < 1.29 is 13.7 Å². The molecule has 1 heterocycles. The number of benzene rings is 1. The number of anilines is 1. The van der Waals surface area contributed by atoms with E-state index in [2.05, 4.69) is 30.2 Å². The first-order valence-corrected chi connectivity index (χ1v) is 7.36. The van der Waals surface area contributed by atoms with Gasteiger partial charge in [-0.3, -0.25) is 0 Å². The number of unbranched alkanes of at least 4 members (excludes halogenated alkanes) is 3. The highest BCUT2D eigenvalue weighted by molar-refractivity contribution is 7.82. The molecule has 2 aromatic rings. The number of carbonyl (C=O) groups is 1. The van der Waals surface area contributed by atoms with Gasteiger partial charge in [-0.1, -0.05) is 50.2 Å². The number of urea groups is 1. The second-order valence-corrected chi connectivity index (χ2v) is 5.13. The molecule has 0 radical (unpaired) electrons. The molecule has 5 nitrogen and oxygen atoms in total. The number of rotatable bonds is 6. The third-order valence-electron chi connectivity index (χ3n) is 3.13. The Hall–Kier alpha value is -1.76. The molecule has 0 unspecified atom stereocenters. The smallest absolute Gasteiger partial charge is 0.333 e. The fourth-order valence-corrected chi connectivity index (χ4v) is 2.20. The van der Waals surface area contributed by atoms with Gasteiger partial charge in [-0.05, 0) is 18.6 Å². The van der Waals surface area contributed by atoms with Crippen molar-refractivity contribution in [3.05, 3.63) is 24.0 Å². The molecule has 2 rings (SSSR count). The van der Waals surface area contributed by atoms with Crippen LogP contribution in [0.2, 0.25) is 0 Å². The summed E-state index contributed by atoms with van der Waals surface area (Å²) in [5.74, 6) is -0.341. The van der Waals surface area contributed by atoms with E-state index in [0.29, 0.717) is 11.9 Å². The molecular weight excluding hydrogens is 293 g/mol. The molecule has 1 N–H and O–H groups in total. The van der Waals surface area contributed by atoms with Gasteiger partial charge in [-0.2, -0.15) is 0 Å². The summed E-state index contributed by atoms with van der Waals surface area (Å²) >= 11 is 4.11. The molecule has 114 valence electrons. The lowest BCUT2D eigenvalue weighted by Gasteiger charge is -2.13. The van der Waals surface area contributed by atoms with Crippen LogP contribution in [0.3, 0.4) is 0 Å². The average molecular weight is 311 g/mol. The Kier molecular flexibility index (Phi) is 5.44. The molecule has 2 amide bonds. The summed E-state index contributed by atoms with van der Waals surface area (Å²) in [4.78, 5) is 12.0. The Morgan fingerprint density at radius 3 is 3.00 bits per heavy atom. The lowest BCUT2D eigenvalue weighted by molar-refractivity contribution is 0.249. The van der Waals surface area contributed by atoms with E-state index >= 15 is 0 Å². The summed E-state index contributed by atoms with van der Waals surface area (Å²) < 4.78 is 19.5. The fraction of sp³-hybridized carbons (Fsp3) is 0.429. The van der Waals surface area contributed by atoms with Gasteiger partial charge in [-0.15, -0.1) is 0 Å². The molecular formula is C14H18FN3O2S. The Morgan fingerprint density at radius 1 is 1.43 bits per heavy atom. The summed E-state index contributed by atoms with van der Waals surface area (Å²) in [7, 11) is 0. The number of hydrogen-bond donors (Lipinski definition) is 2. The molecule has 0 bridgehead atoms. The fourth-order valence-electron chi connectivity index (χ4n) is 1.99. The van der Waals surface area contributed by atoms with Gasteiger partial charge in [0.25, 0.3) is 0 Å². The van der Waals surface area contributed by atoms with Crippen molar-refractivity contribution in [2.45, 2.75) is 32.6 Å². The molecule has 0 fully saturated rings. The predicted molar refractivity (Wildman–Crippen MR) is 83.0 cm³/mol. The molecule has 0 atom stereocenters. The first-order chi connectivity index (χ1) is 10.1. The summed E-state index contributed by atoms with van der Waals surface area (Å²) in [6.45, 7) is 2.70. The van der Waals surface area contributed by atoms with Gasteiger partial charge in [0.2, 0.25) is 5.58 Å². The van der Waals surface area contributed by atoms with Crippen LogP contribution in [0.25, 0.3) is 11.0 Å². The molecule has 7 heteroatoms. The predicted octanol–water partition coefficient (Wildman–Crippen LogP) is 3.91. The lowest BCUT2D eigenvalue weighted by atomic mass is 10.2. The van der Waals surface area contributed by atoms with Crippen molar-refractivity contribution in [2.75, 3.05) is 10.8 Å². The SMILES string of the molecule is CCCCCCNC(=O)N(S)c1noc2c(F)cccc12. The number of hydrogen-bond acceptors (Lipinski definition) is 4. The highest BCUT2D eigenvalue weighted by atomic mass is 32.1. The van der Waals surface area contributed by atoms with E-state index < -0.39 is 11.8 Å². The van der Waals surface area contributed by atoms with Crippen LogP contribution in [0.15, 0.2) is 22.7 Å². The minimum atomic E-state index is -0.520. The minimum Gasteiger partial charge on any atom is -0.351 e. The van der Waals surface area contributed by atoms with Gasteiger partial charge in [0.05, 0.1) is 5.39 Å². The zero-order valence-electron chi connectivity index (χ0n) is 11.8. The Morgan fingerprint density at radius 2 is 2.24 bits per heavy atom. The molecule has 0 saturated heterocycles. The molecule has 1 aromatic carbocycles. The first-order valence-electron chi connectivity index (χ1n) is 6.96. The topological polar surface area (TPSA) is 58.4 Å². The van der Waals surface area contributed by atoms with Crippen molar-refractivity contribution in [1.82, 2.24) is 10.5 Å². The summed E-state index contributed by atoms with van der Waals surface area (Å²) in [5.41, 5.74) is 0.0160. The van der Waals surface area contributed by atoms with Gasteiger partial charge in [0.1, 0.15) is 0 Å². The minimum absolute atomic E-state index is 0.0160. The van der Waals surface area contributed by atoms with Gasteiger partial charge in [0, 0.05) is 6.54 Å². The van der Waals surface area contributed by atoms with Crippen molar-refractivity contribution in [2.24, 2.45) is 0 Å². The Bertz CT molecular complexity index is 617. The molecule has 0 aliphatic heterocycles. The standard InChI is InChI=1S/C14H18FN3O2S/c1-2-3-4-5-9-16-14(19)18(21)13-10-7-6-8-11(15)12(10)20-17-13/h6-8,21H,2-5,9H2,1H3,(H,16,19). The summed E-state index contributed by atoms with van der Waals surface area (Å²) in [5, 5.41) is 6.86. The van der Waals surface area contributed by atoms with Gasteiger partial charge in [-0.25, -0.2) is 13.5 Å². The van der Waals surface area contributed by atoms with E-state index in [0.717, 1.165) is 30.0 Å². The van der Waals surface area contributed by atoms with Crippen molar-refractivity contribution >= 4 is 35.6 Å². The highest BCUT2D eigenvalue weighted by Crippen LogP contribution is 2.28. The normalized spacial score (nSPS) is 10.8. The zero-order valence-corrected chi connectivity index (χ0v) is 12.7. The molecule has 0 aliphatic rings. The number of aromatic nitrogens is 1. The van der Waals surface area contributed by atoms with Crippen LogP contribution in [0, 0.1) is 5.82 Å². The number of fused-ring (bicyclic) bond motifs is 1. The second kappa shape index (κ2) is 7.31. The van der Waals surface area contributed by atoms with Crippen LogP contribution in [0.1, 0.15) is 32.6 Å². The number of thiol groups is 1. The van der Waals surface area contributed by atoms with Crippen molar-refractivity contribution in [3.63, 3.8) is 0 Å². The second-order valence-electron chi connectivity index (χ2n) is 4.73. The van der Waals surface area contributed by atoms with Gasteiger partial charge in [0.15, 0.2) is 11.6 Å². The van der Waals surface area contributed by atoms with Crippen LogP contribution in [-0.2, 0) is 0 Å². The lowest BCUT2D eigenvalue weighted by Crippen LogP contribution is -2.34. The average Bonchev–Trinajstić information content (AvgIpc) is 2.91. The quantitative estimate of drug-likeness (QED) is 0.628. The summed E-state index contributed by atoms with van der Waals surface area (Å²) in [6, 6.07) is 4.02. The number of nitrogens with zero attached hydrogens (tertiary/aromatic N) is 2. The maximum atomic E-state index is 13.5. The third kappa shape index (κ3) is 3.66. The zero-order chi connectivity index (χ0) is 15.2. The maximum Gasteiger partial charge on any atom is 0.333 e. The molecule has 21 heavy (non-hydrogen) atoms.